The molecule has 8 heteroatoms. The fraction of sp³-hybridized carbons (Fsp3) is 0.355. The van der Waals surface area contributed by atoms with Crippen molar-refractivity contribution in [1.29, 1.82) is 0 Å². The molecule has 1 aliphatic carbocycles. The predicted molar refractivity (Wildman–Crippen MR) is 159 cm³/mol. The molecule has 0 radical (unpaired) electrons. The highest BCUT2D eigenvalue weighted by Gasteiger charge is 2.32. The molecule has 1 aliphatic rings. The van der Waals surface area contributed by atoms with Crippen LogP contribution < -0.4 is 5.32 Å². The molecule has 1 saturated carbocycles. The van der Waals surface area contributed by atoms with Crippen molar-refractivity contribution >= 4 is 46.8 Å². The van der Waals surface area contributed by atoms with Crippen LogP contribution in [-0.2, 0) is 28.3 Å². The summed E-state index contributed by atoms with van der Waals surface area (Å²) in [6.45, 7) is 0.257. The van der Waals surface area contributed by atoms with E-state index >= 15 is 0 Å². The van der Waals surface area contributed by atoms with Crippen molar-refractivity contribution in [1.82, 2.24) is 10.2 Å². The topological polar surface area (TPSA) is 49.4 Å². The van der Waals surface area contributed by atoms with Gasteiger partial charge in [0.1, 0.15) is 11.9 Å². The third-order valence-electron chi connectivity index (χ3n) is 7.02. The fourth-order valence-corrected chi connectivity index (χ4v) is 6.25. The average Bonchev–Trinajstić information content (AvgIpc) is 2.94. The lowest BCUT2D eigenvalue weighted by molar-refractivity contribution is -0.139. The molecule has 1 N–H and O–H groups in total. The highest BCUT2D eigenvalue weighted by Crippen LogP contribution is 2.25. The van der Waals surface area contributed by atoms with Gasteiger partial charge in [0.15, 0.2) is 0 Å². The van der Waals surface area contributed by atoms with E-state index in [2.05, 4.69) is 5.32 Å². The molecular formula is C31H33Cl2FN2O2S. The first-order valence-electron chi connectivity index (χ1n) is 13.3. The molecule has 3 aromatic carbocycles. The van der Waals surface area contributed by atoms with E-state index in [1.54, 1.807) is 29.2 Å². The largest absolute Gasteiger partial charge is 0.352 e. The predicted octanol–water partition coefficient (Wildman–Crippen LogP) is 7.45. The minimum Gasteiger partial charge on any atom is -0.352 e. The number of thioether (sulfide) groups is 1. The average molecular weight is 588 g/mol. The third kappa shape index (κ3) is 8.72. The van der Waals surface area contributed by atoms with Gasteiger partial charge in [-0.05, 0) is 48.2 Å². The lowest BCUT2D eigenvalue weighted by Gasteiger charge is -2.33. The van der Waals surface area contributed by atoms with Crippen LogP contribution in [-0.4, -0.2) is 34.6 Å². The van der Waals surface area contributed by atoms with Gasteiger partial charge in [-0.15, -0.1) is 11.8 Å². The Morgan fingerprint density at radius 1 is 0.923 bits per heavy atom. The summed E-state index contributed by atoms with van der Waals surface area (Å²) in [6.07, 6.45) is 5.67. The van der Waals surface area contributed by atoms with Gasteiger partial charge in [0.2, 0.25) is 11.8 Å². The Hall–Kier alpha value is -2.54. The number of hydrogen-bond donors (Lipinski definition) is 1. The molecule has 4 nitrogen and oxygen atoms in total. The molecule has 2 amide bonds. The van der Waals surface area contributed by atoms with E-state index in [0.717, 1.165) is 36.8 Å². The van der Waals surface area contributed by atoms with Crippen molar-refractivity contribution in [2.75, 3.05) is 5.75 Å². The van der Waals surface area contributed by atoms with E-state index in [1.807, 2.05) is 42.5 Å². The standard InChI is InChI=1S/C31H33Cl2FN2O2S/c32-24-16-14-23(15-17-24)19-36(30(37)21-39-20-26-27(33)12-7-13-28(26)34)29(18-22-8-3-1-4-9-22)31(38)35-25-10-5-2-6-11-25/h1,3-4,7-9,12-17,25,29H,2,5-6,10-11,18-21H2,(H,35,38). The number of rotatable bonds is 11. The maximum absolute atomic E-state index is 14.3. The van der Waals surface area contributed by atoms with E-state index in [-0.39, 0.29) is 35.9 Å². The van der Waals surface area contributed by atoms with Gasteiger partial charge in [-0.2, -0.15) is 0 Å². The second-order valence-electron chi connectivity index (χ2n) is 9.89. The summed E-state index contributed by atoms with van der Waals surface area (Å²) >= 11 is 13.6. The van der Waals surface area contributed by atoms with Crippen molar-refractivity contribution in [3.8, 4) is 0 Å². The second kappa shape index (κ2) is 14.7. The first-order chi connectivity index (χ1) is 18.9. The van der Waals surface area contributed by atoms with Crippen molar-refractivity contribution in [3.05, 3.63) is 105 Å². The molecule has 0 aromatic heterocycles. The van der Waals surface area contributed by atoms with Gasteiger partial charge in [-0.3, -0.25) is 9.59 Å². The third-order valence-corrected chi connectivity index (χ3v) is 8.57. The molecule has 1 atom stereocenters. The van der Waals surface area contributed by atoms with Crippen LogP contribution in [0.5, 0.6) is 0 Å². The number of halogens is 3. The van der Waals surface area contributed by atoms with Gasteiger partial charge in [0.25, 0.3) is 0 Å². The van der Waals surface area contributed by atoms with Crippen molar-refractivity contribution in [2.24, 2.45) is 0 Å². The smallest absolute Gasteiger partial charge is 0.243 e. The Labute approximate surface area is 244 Å². The highest BCUT2D eigenvalue weighted by atomic mass is 35.5. The van der Waals surface area contributed by atoms with Crippen LogP contribution >= 0.6 is 35.0 Å². The quantitative estimate of drug-likeness (QED) is 0.254. The molecule has 0 saturated heterocycles. The highest BCUT2D eigenvalue weighted by molar-refractivity contribution is 7.99. The Balaban J connectivity index is 1.57. The van der Waals surface area contributed by atoms with Crippen molar-refractivity contribution in [2.45, 2.75) is 62.9 Å². The monoisotopic (exact) mass is 586 g/mol. The molecule has 4 rings (SSSR count). The number of hydrogen-bond acceptors (Lipinski definition) is 3. The zero-order valence-electron chi connectivity index (χ0n) is 21.8. The van der Waals surface area contributed by atoms with E-state index in [0.29, 0.717) is 22.0 Å². The fourth-order valence-electron chi connectivity index (χ4n) is 4.88. The van der Waals surface area contributed by atoms with E-state index in [9.17, 15) is 14.0 Å². The number of amides is 2. The van der Waals surface area contributed by atoms with Crippen LogP contribution in [0.3, 0.4) is 0 Å². The van der Waals surface area contributed by atoms with Crippen LogP contribution in [0.15, 0.2) is 72.8 Å². The maximum Gasteiger partial charge on any atom is 0.243 e. The molecular weight excluding hydrogens is 554 g/mol. The SMILES string of the molecule is O=C(NC1CCCCC1)C(Cc1ccccc1)N(Cc1ccc(Cl)cc1)C(=O)CSCc1c(F)cccc1Cl. The van der Waals surface area contributed by atoms with Gasteiger partial charge in [-0.25, -0.2) is 4.39 Å². The zero-order valence-corrected chi connectivity index (χ0v) is 24.1. The summed E-state index contributed by atoms with van der Waals surface area (Å²) in [6, 6.07) is 21.0. The summed E-state index contributed by atoms with van der Waals surface area (Å²) in [4.78, 5) is 29.2. The number of carbonyl (C=O) groups is 2. The zero-order chi connectivity index (χ0) is 27.6. The molecule has 39 heavy (non-hydrogen) atoms. The van der Waals surface area contributed by atoms with Gasteiger partial charge in [0.05, 0.1) is 5.75 Å². The van der Waals surface area contributed by atoms with Crippen LogP contribution in [0.25, 0.3) is 0 Å². The summed E-state index contributed by atoms with van der Waals surface area (Å²) in [7, 11) is 0. The van der Waals surface area contributed by atoms with Crippen LogP contribution in [0.1, 0.15) is 48.8 Å². The minimum absolute atomic E-state index is 0.0836. The molecule has 3 aromatic rings. The number of benzene rings is 3. The molecule has 0 spiro atoms. The Morgan fingerprint density at radius 2 is 1.64 bits per heavy atom. The first-order valence-corrected chi connectivity index (χ1v) is 15.2. The normalized spacial score (nSPS) is 14.5. The van der Waals surface area contributed by atoms with E-state index < -0.39 is 11.9 Å². The number of nitrogens with zero attached hydrogens (tertiary/aromatic N) is 1. The lowest BCUT2D eigenvalue weighted by Crippen LogP contribution is -2.53. The Bertz CT molecular complexity index is 1220. The van der Waals surface area contributed by atoms with Gasteiger partial charge >= 0.3 is 0 Å². The lowest BCUT2D eigenvalue weighted by atomic mass is 9.94. The summed E-state index contributed by atoms with van der Waals surface area (Å²) in [5, 5.41) is 4.18. The molecule has 206 valence electrons. The van der Waals surface area contributed by atoms with E-state index in [1.165, 1.54) is 24.2 Å². The maximum atomic E-state index is 14.3. The summed E-state index contributed by atoms with van der Waals surface area (Å²) in [5.74, 6) is -0.393. The molecule has 1 unspecified atom stereocenters. The summed E-state index contributed by atoms with van der Waals surface area (Å²) in [5.41, 5.74) is 2.22. The second-order valence-corrected chi connectivity index (χ2v) is 11.7. The minimum atomic E-state index is -0.699. The molecule has 0 bridgehead atoms. The van der Waals surface area contributed by atoms with Crippen molar-refractivity contribution in [3.63, 3.8) is 0 Å². The van der Waals surface area contributed by atoms with Gasteiger partial charge in [0, 0.05) is 40.4 Å². The number of nitrogens with one attached hydrogen (secondary N) is 1. The Morgan fingerprint density at radius 3 is 2.33 bits per heavy atom. The molecule has 1 fully saturated rings. The summed E-state index contributed by atoms with van der Waals surface area (Å²) < 4.78 is 14.3. The molecule has 0 aliphatic heterocycles. The number of carbonyl (C=O) groups excluding carboxylic acids is 2. The first kappa shape index (κ1) is 29.4. The van der Waals surface area contributed by atoms with Crippen molar-refractivity contribution < 1.29 is 14.0 Å². The van der Waals surface area contributed by atoms with E-state index in [4.69, 9.17) is 23.2 Å². The Kier molecular flexibility index (Phi) is 11.1. The molecule has 0 heterocycles. The van der Waals surface area contributed by atoms with Gasteiger partial charge < -0.3 is 10.2 Å². The van der Waals surface area contributed by atoms with Crippen LogP contribution in [0.4, 0.5) is 4.39 Å². The van der Waals surface area contributed by atoms with Crippen LogP contribution in [0, 0.1) is 5.82 Å². The van der Waals surface area contributed by atoms with Crippen LogP contribution in [0.2, 0.25) is 10.0 Å². The van der Waals surface area contributed by atoms with Gasteiger partial charge in [-0.1, -0.05) is 91.0 Å².